The number of Topliss-reactive ketones (excluding diaryl/α,β-unsaturated/α-hetero) is 1. The van der Waals surface area contributed by atoms with E-state index in [2.05, 4.69) is 0 Å². The third-order valence-electron chi connectivity index (χ3n) is 3.25. The summed E-state index contributed by atoms with van der Waals surface area (Å²) in [6, 6.07) is 4.99. The van der Waals surface area contributed by atoms with Gasteiger partial charge in [-0.15, -0.1) is 0 Å². The van der Waals surface area contributed by atoms with Crippen LogP contribution in [0.1, 0.15) is 19.4 Å². The number of carbonyl (C=O) groups is 3. The van der Waals surface area contributed by atoms with Gasteiger partial charge >= 0.3 is 11.9 Å². The lowest BCUT2D eigenvalue weighted by Gasteiger charge is -2.15. The molecule has 0 fully saturated rings. The van der Waals surface area contributed by atoms with E-state index in [9.17, 15) is 14.4 Å². The third-order valence-corrected chi connectivity index (χ3v) is 3.25. The molecular formula is C17H22O7. The molecule has 1 rings (SSSR count). The van der Waals surface area contributed by atoms with Crippen LogP contribution in [0.25, 0.3) is 0 Å². The number of ketones is 1. The van der Waals surface area contributed by atoms with Crippen molar-refractivity contribution in [3.63, 3.8) is 0 Å². The molecule has 1 aromatic carbocycles. The van der Waals surface area contributed by atoms with Crippen molar-refractivity contribution in [2.45, 2.75) is 20.3 Å². The minimum Gasteiger partial charge on any atom is -0.493 e. The van der Waals surface area contributed by atoms with Gasteiger partial charge in [0.15, 0.2) is 11.5 Å². The van der Waals surface area contributed by atoms with Crippen LogP contribution in [-0.4, -0.2) is 45.2 Å². The molecule has 0 aliphatic heterocycles. The summed E-state index contributed by atoms with van der Waals surface area (Å²) in [6.07, 6.45) is -0.00314. The minimum atomic E-state index is -1.26. The van der Waals surface area contributed by atoms with Crippen LogP contribution in [0.5, 0.6) is 11.5 Å². The Morgan fingerprint density at radius 1 is 0.958 bits per heavy atom. The van der Waals surface area contributed by atoms with Crippen molar-refractivity contribution in [2.24, 2.45) is 5.92 Å². The topological polar surface area (TPSA) is 88.1 Å². The highest BCUT2D eigenvalue weighted by atomic mass is 16.5. The summed E-state index contributed by atoms with van der Waals surface area (Å²) in [5, 5.41) is 0. The Balaban J connectivity index is 3.06. The molecule has 7 heteroatoms. The predicted octanol–water partition coefficient (Wildman–Crippen LogP) is 1.56. The number of rotatable bonds is 9. The monoisotopic (exact) mass is 338 g/mol. The van der Waals surface area contributed by atoms with Crippen molar-refractivity contribution in [1.29, 1.82) is 0 Å². The van der Waals surface area contributed by atoms with Crippen LogP contribution in [0.3, 0.4) is 0 Å². The first-order valence-electron chi connectivity index (χ1n) is 7.56. The van der Waals surface area contributed by atoms with E-state index in [1.807, 2.05) is 0 Å². The molecule has 0 heterocycles. The van der Waals surface area contributed by atoms with Crippen LogP contribution in [0.2, 0.25) is 0 Å². The summed E-state index contributed by atoms with van der Waals surface area (Å²) in [4.78, 5) is 36.0. The molecule has 0 spiro atoms. The van der Waals surface area contributed by atoms with Gasteiger partial charge in [-0.1, -0.05) is 6.07 Å². The van der Waals surface area contributed by atoms with Crippen molar-refractivity contribution >= 4 is 17.7 Å². The highest BCUT2D eigenvalue weighted by Crippen LogP contribution is 2.28. The molecule has 0 aliphatic rings. The summed E-state index contributed by atoms with van der Waals surface area (Å²) in [7, 11) is 2.98. The normalized spacial score (nSPS) is 11.3. The highest BCUT2D eigenvalue weighted by Gasteiger charge is 2.34. The van der Waals surface area contributed by atoms with Crippen LogP contribution < -0.4 is 9.47 Å². The quantitative estimate of drug-likeness (QED) is 0.383. The van der Waals surface area contributed by atoms with E-state index >= 15 is 0 Å². The highest BCUT2D eigenvalue weighted by molar-refractivity contribution is 6.37. The van der Waals surface area contributed by atoms with E-state index in [0.717, 1.165) is 0 Å². The zero-order valence-corrected chi connectivity index (χ0v) is 14.3. The molecule has 0 saturated carbocycles. The van der Waals surface area contributed by atoms with Gasteiger partial charge in [0.1, 0.15) is 5.92 Å². The van der Waals surface area contributed by atoms with Gasteiger partial charge in [0.25, 0.3) is 5.78 Å². The second-order valence-corrected chi connectivity index (χ2v) is 4.78. The Labute approximate surface area is 140 Å². The summed E-state index contributed by atoms with van der Waals surface area (Å²) in [6.45, 7) is 3.37. The Kier molecular flexibility index (Phi) is 7.74. The van der Waals surface area contributed by atoms with E-state index in [0.29, 0.717) is 17.1 Å². The maximum atomic E-state index is 12.2. The van der Waals surface area contributed by atoms with Gasteiger partial charge in [-0.05, 0) is 38.0 Å². The van der Waals surface area contributed by atoms with Gasteiger partial charge in [-0.3, -0.25) is 9.59 Å². The maximum Gasteiger partial charge on any atom is 0.375 e. The lowest BCUT2D eigenvalue weighted by molar-refractivity contribution is -0.162. The number of hydrogen-bond donors (Lipinski definition) is 0. The van der Waals surface area contributed by atoms with Gasteiger partial charge < -0.3 is 18.9 Å². The van der Waals surface area contributed by atoms with Gasteiger partial charge in [-0.2, -0.15) is 0 Å². The second-order valence-electron chi connectivity index (χ2n) is 4.78. The van der Waals surface area contributed by atoms with Crippen molar-refractivity contribution in [3.8, 4) is 11.5 Å². The molecule has 0 amide bonds. The fraction of sp³-hybridized carbons (Fsp3) is 0.471. The molecule has 0 N–H and O–H groups in total. The first kappa shape index (κ1) is 19.5. The smallest absolute Gasteiger partial charge is 0.375 e. The van der Waals surface area contributed by atoms with Crippen molar-refractivity contribution in [1.82, 2.24) is 0 Å². The molecule has 7 nitrogen and oxygen atoms in total. The van der Waals surface area contributed by atoms with Gasteiger partial charge in [0.05, 0.1) is 27.4 Å². The summed E-state index contributed by atoms with van der Waals surface area (Å²) >= 11 is 0. The van der Waals surface area contributed by atoms with Crippen LogP contribution >= 0.6 is 0 Å². The molecule has 1 atom stereocenters. The van der Waals surface area contributed by atoms with E-state index in [4.69, 9.17) is 18.9 Å². The number of ether oxygens (including phenoxy) is 4. The van der Waals surface area contributed by atoms with Gasteiger partial charge in [-0.25, -0.2) is 4.79 Å². The van der Waals surface area contributed by atoms with Crippen LogP contribution in [0.15, 0.2) is 18.2 Å². The lowest BCUT2D eigenvalue weighted by Crippen LogP contribution is -2.34. The molecule has 0 saturated heterocycles. The van der Waals surface area contributed by atoms with E-state index < -0.39 is 23.6 Å². The van der Waals surface area contributed by atoms with Crippen LogP contribution in [-0.2, 0) is 30.3 Å². The molecule has 0 aromatic heterocycles. The van der Waals surface area contributed by atoms with E-state index in [-0.39, 0.29) is 19.6 Å². The Hall–Kier alpha value is -2.57. The fourth-order valence-electron chi connectivity index (χ4n) is 2.11. The third kappa shape index (κ3) is 4.97. The zero-order valence-electron chi connectivity index (χ0n) is 14.3. The van der Waals surface area contributed by atoms with Crippen LogP contribution in [0.4, 0.5) is 0 Å². The number of esters is 2. The molecular weight excluding hydrogens is 316 g/mol. The first-order valence-corrected chi connectivity index (χ1v) is 7.56. The largest absolute Gasteiger partial charge is 0.493 e. The lowest BCUT2D eigenvalue weighted by atomic mass is 9.95. The standard InChI is InChI=1S/C17H22O7/c1-5-23-16(19)12(15(18)17(20)24-6-2)9-11-7-8-13(21-3)14(10-11)22-4/h7-8,10,12H,5-6,9H2,1-4H3. The Bertz CT molecular complexity index is 595. The fourth-order valence-corrected chi connectivity index (χ4v) is 2.11. The maximum absolute atomic E-state index is 12.2. The molecule has 1 unspecified atom stereocenters. The number of hydrogen-bond acceptors (Lipinski definition) is 7. The average molecular weight is 338 g/mol. The summed E-state index contributed by atoms with van der Waals surface area (Å²) in [5.41, 5.74) is 0.628. The molecule has 0 aliphatic carbocycles. The molecule has 132 valence electrons. The second kappa shape index (κ2) is 9.54. The van der Waals surface area contributed by atoms with E-state index in [1.54, 1.807) is 32.0 Å². The van der Waals surface area contributed by atoms with Crippen LogP contribution in [0, 0.1) is 5.92 Å². The molecule has 0 bridgehead atoms. The number of benzene rings is 1. The van der Waals surface area contributed by atoms with Gasteiger partial charge in [0, 0.05) is 0 Å². The van der Waals surface area contributed by atoms with Crippen molar-refractivity contribution < 1.29 is 33.3 Å². The first-order chi connectivity index (χ1) is 11.5. The minimum absolute atomic E-state index is 0.00314. The van der Waals surface area contributed by atoms with E-state index in [1.165, 1.54) is 14.2 Å². The SMILES string of the molecule is CCOC(=O)C(=O)C(Cc1ccc(OC)c(OC)c1)C(=O)OCC. The van der Waals surface area contributed by atoms with Crippen molar-refractivity contribution in [2.75, 3.05) is 27.4 Å². The number of carbonyl (C=O) groups excluding carboxylic acids is 3. The van der Waals surface area contributed by atoms with Crippen molar-refractivity contribution in [3.05, 3.63) is 23.8 Å². The molecule has 24 heavy (non-hydrogen) atoms. The zero-order chi connectivity index (χ0) is 18.1. The summed E-state index contributed by atoms with van der Waals surface area (Å²) in [5.74, 6) is -3.01. The van der Waals surface area contributed by atoms with Gasteiger partial charge in [0.2, 0.25) is 0 Å². The summed E-state index contributed by atoms with van der Waals surface area (Å²) < 4.78 is 19.9. The molecule has 1 aromatic rings. The average Bonchev–Trinajstić information content (AvgIpc) is 2.59. The Morgan fingerprint density at radius 2 is 1.58 bits per heavy atom. The predicted molar refractivity (Wildman–Crippen MR) is 85.0 cm³/mol. The molecule has 0 radical (unpaired) electrons. The number of methoxy groups -OCH3 is 2. The Morgan fingerprint density at radius 3 is 2.12 bits per heavy atom.